The number of hydrogen-bond donors (Lipinski definition) is 0. The van der Waals surface area contributed by atoms with Gasteiger partial charge in [-0.3, -0.25) is 0 Å². The molecule has 0 bridgehead atoms. The normalized spacial score (nSPS) is 17.0. The monoisotopic (exact) mass is 312 g/mol. The minimum atomic E-state index is -0.605. The van der Waals surface area contributed by atoms with E-state index in [2.05, 4.69) is 41.5 Å². The van der Waals surface area contributed by atoms with Crippen molar-refractivity contribution in [2.75, 3.05) is 13.2 Å². The molecular formula is C18H32O4. The van der Waals surface area contributed by atoms with E-state index in [1.54, 1.807) is 6.92 Å². The van der Waals surface area contributed by atoms with Crippen LogP contribution in [-0.4, -0.2) is 13.2 Å². The van der Waals surface area contributed by atoms with Crippen molar-refractivity contribution in [1.29, 1.82) is 0 Å². The van der Waals surface area contributed by atoms with E-state index in [-0.39, 0.29) is 5.41 Å². The van der Waals surface area contributed by atoms with Crippen LogP contribution in [0.5, 0.6) is 0 Å². The lowest BCUT2D eigenvalue weighted by molar-refractivity contribution is 0.0286. The minimum Gasteiger partial charge on any atom is -0.396 e. The highest BCUT2D eigenvalue weighted by atomic mass is 16.6. The fourth-order valence-corrected chi connectivity index (χ4v) is 2.58. The molecule has 0 unspecified atom stereocenters. The van der Waals surface area contributed by atoms with Gasteiger partial charge in [0.05, 0.1) is 0 Å². The van der Waals surface area contributed by atoms with E-state index in [0.29, 0.717) is 16.9 Å². The van der Waals surface area contributed by atoms with Crippen LogP contribution in [0.1, 0.15) is 65.9 Å². The summed E-state index contributed by atoms with van der Waals surface area (Å²) in [6.07, 6.45) is 3.23. The van der Waals surface area contributed by atoms with Crippen molar-refractivity contribution in [3.8, 4) is 0 Å². The predicted octanol–water partition coefficient (Wildman–Crippen LogP) is 4.59. The molecule has 1 saturated heterocycles. The lowest BCUT2D eigenvalue weighted by Crippen LogP contribution is -2.27. The van der Waals surface area contributed by atoms with E-state index in [9.17, 15) is 4.79 Å². The van der Waals surface area contributed by atoms with Crippen LogP contribution in [0.4, 0.5) is 0 Å². The zero-order chi connectivity index (χ0) is 17.0. The highest BCUT2D eigenvalue weighted by molar-refractivity contribution is 5.02. The van der Waals surface area contributed by atoms with Crippen molar-refractivity contribution in [1.82, 2.24) is 0 Å². The topological polar surface area (TPSA) is 52.6 Å². The van der Waals surface area contributed by atoms with E-state index in [4.69, 9.17) is 13.6 Å². The fraction of sp³-hybridized carbons (Fsp3) is 0.833. The maximum absolute atomic E-state index is 10.7. The van der Waals surface area contributed by atoms with Crippen LogP contribution in [0.2, 0.25) is 0 Å². The lowest BCUT2D eigenvalue weighted by Gasteiger charge is -2.33. The van der Waals surface area contributed by atoms with Gasteiger partial charge >= 0.3 is 5.82 Å². The summed E-state index contributed by atoms with van der Waals surface area (Å²) in [6.45, 7) is 16.9. The van der Waals surface area contributed by atoms with Gasteiger partial charge in [-0.05, 0) is 36.5 Å². The van der Waals surface area contributed by atoms with Crippen LogP contribution in [0.3, 0.4) is 0 Å². The Morgan fingerprint density at radius 1 is 1.00 bits per heavy atom. The average Bonchev–Trinajstić information content (AvgIpc) is 2.66. The van der Waals surface area contributed by atoms with Gasteiger partial charge in [-0.2, -0.15) is 0 Å². The zero-order valence-corrected chi connectivity index (χ0v) is 15.2. The van der Waals surface area contributed by atoms with Gasteiger partial charge in [0.15, 0.2) is 0 Å². The Labute approximate surface area is 134 Å². The SMILES string of the molecule is CC(C)(C)C1CCOCC1.Cc1oc(=O)oc1CC(C)(C)C. The molecular weight excluding hydrogens is 280 g/mol. The van der Waals surface area contributed by atoms with Gasteiger partial charge in [0.1, 0.15) is 11.5 Å². The molecule has 4 heteroatoms. The third-order valence-corrected chi connectivity index (χ3v) is 3.97. The van der Waals surface area contributed by atoms with Crippen molar-refractivity contribution in [2.45, 2.75) is 67.7 Å². The van der Waals surface area contributed by atoms with E-state index in [1.807, 2.05) is 0 Å². The van der Waals surface area contributed by atoms with Crippen LogP contribution in [-0.2, 0) is 11.2 Å². The maximum Gasteiger partial charge on any atom is 0.519 e. The summed E-state index contributed by atoms with van der Waals surface area (Å²) < 4.78 is 14.9. The summed E-state index contributed by atoms with van der Waals surface area (Å²) in [5.74, 6) is 1.52. The van der Waals surface area contributed by atoms with Crippen LogP contribution >= 0.6 is 0 Å². The first kappa shape index (κ1) is 19.0. The molecule has 0 aromatic carbocycles. The molecule has 0 atom stereocenters. The van der Waals surface area contributed by atoms with Crippen molar-refractivity contribution >= 4 is 0 Å². The Balaban J connectivity index is 0.000000224. The molecule has 128 valence electrons. The van der Waals surface area contributed by atoms with Gasteiger partial charge in [0, 0.05) is 19.6 Å². The van der Waals surface area contributed by atoms with Crippen LogP contribution < -0.4 is 5.82 Å². The van der Waals surface area contributed by atoms with Crippen LogP contribution in [0.15, 0.2) is 13.6 Å². The standard InChI is InChI=1S/C9H14O3.C9H18O/c1-6-7(5-9(2,3)4)12-8(10)11-6;1-9(2,3)8-4-6-10-7-5-8/h5H2,1-4H3;8H,4-7H2,1-3H3. The van der Waals surface area contributed by atoms with Gasteiger partial charge in [0.25, 0.3) is 0 Å². The molecule has 1 aromatic rings. The van der Waals surface area contributed by atoms with Crippen molar-refractivity contribution in [2.24, 2.45) is 16.7 Å². The van der Waals surface area contributed by atoms with E-state index in [0.717, 1.165) is 25.6 Å². The van der Waals surface area contributed by atoms with Gasteiger partial charge in [-0.25, -0.2) is 4.79 Å². The Kier molecular flexibility index (Phi) is 6.48. The molecule has 1 aliphatic heterocycles. The maximum atomic E-state index is 10.7. The molecule has 2 heterocycles. The second-order valence-corrected chi connectivity index (χ2v) is 8.42. The second-order valence-electron chi connectivity index (χ2n) is 8.42. The van der Waals surface area contributed by atoms with E-state index < -0.39 is 5.82 Å². The molecule has 0 spiro atoms. The average molecular weight is 312 g/mol. The summed E-state index contributed by atoms with van der Waals surface area (Å²) in [4.78, 5) is 10.7. The molecule has 2 rings (SSSR count). The minimum absolute atomic E-state index is 0.116. The Hall–Kier alpha value is -1.03. The largest absolute Gasteiger partial charge is 0.519 e. The fourth-order valence-electron chi connectivity index (χ4n) is 2.58. The number of hydrogen-bond acceptors (Lipinski definition) is 4. The molecule has 0 amide bonds. The number of ether oxygens (including phenoxy) is 1. The molecule has 22 heavy (non-hydrogen) atoms. The van der Waals surface area contributed by atoms with Gasteiger partial charge < -0.3 is 13.6 Å². The molecule has 0 N–H and O–H groups in total. The van der Waals surface area contributed by atoms with Crippen LogP contribution in [0.25, 0.3) is 0 Å². The number of rotatable bonds is 1. The Bertz CT molecular complexity index is 490. The van der Waals surface area contributed by atoms with Crippen LogP contribution in [0, 0.1) is 23.7 Å². The van der Waals surface area contributed by atoms with Crippen molar-refractivity contribution < 1.29 is 13.6 Å². The molecule has 4 nitrogen and oxygen atoms in total. The predicted molar refractivity (Wildman–Crippen MR) is 88.1 cm³/mol. The quantitative estimate of drug-likeness (QED) is 0.761. The second kappa shape index (κ2) is 7.49. The zero-order valence-electron chi connectivity index (χ0n) is 15.2. The summed E-state index contributed by atoms with van der Waals surface area (Å²) in [7, 11) is 0. The van der Waals surface area contributed by atoms with Crippen molar-refractivity contribution in [3.05, 3.63) is 22.1 Å². The molecule has 0 saturated carbocycles. The van der Waals surface area contributed by atoms with E-state index in [1.165, 1.54) is 12.8 Å². The van der Waals surface area contributed by atoms with Gasteiger partial charge in [-0.15, -0.1) is 0 Å². The summed E-state index contributed by atoms with van der Waals surface area (Å²) in [5, 5.41) is 0. The first-order valence-corrected chi connectivity index (χ1v) is 8.16. The highest BCUT2D eigenvalue weighted by Crippen LogP contribution is 2.33. The summed E-state index contributed by atoms with van der Waals surface area (Å²) >= 11 is 0. The Morgan fingerprint density at radius 3 is 1.86 bits per heavy atom. The summed E-state index contributed by atoms with van der Waals surface area (Å²) in [6, 6.07) is 0. The molecule has 1 aromatic heterocycles. The lowest BCUT2D eigenvalue weighted by atomic mass is 9.76. The highest BCUT2D eigenvalue weighted by Gasteiger charge is 2.26. The Morgan fingerprint density at radius 2 is 1.55 bits per heavy atom. The smallest absolute Gasteiger partial charge is 0.396 e. The van der Waals surface area contributed by atoms with E-state index >= 15 is 0 Å². The third-order valence-electron chi connectivity index (χ3n) is 3.97. The molecule has 1 aliphatic rings. The van der Waals surface area contributed by atoms with Gasteiger partial charge in [-0.1, -0.05) is 41.5 Å². The first-order valence-electron chi connectivity index (χ1n) is 8.16. The molecule has 0 aliphatic carbocycles. The molecule has 0 radical (unpaired) electrons. The number of aryl methyl sites for hydroxylation is 1. The van der Waals surface area contributed by atoms with Gasteiger partial charge in [0.2, 0.25) is 0 Å². The third kappa shape index (κ3) is 6.82. The van der Waals surface area contributed by atoms with Crippen molar-refractivity contribution in [3.63, 3.8) is 0 Å². The molecule has 1 fully saturated rings. The first-order chi connectivity index (χ1) is 9.99. The summed E-state index contributed by atoms with van der Waals surface area (Å²) in [5.41, 5.74) is 0.606.